The Morgan fingerprint density at radius 1 is 1.06 bits per heavy atom. The van der Waals surface area contributed by atoms with E-state index in [4.69, 9.17) is 27.6 Å². The van der Waals surface area contributed by atoms with E-state index in [-0.39, 0.29) is 36.2 Å². The van der Waals surface area contributed by atoms with Crippen LogP contribution in [0.25, 0.3) is 0 Å². The maximum absolute atomic E-state index is 13.5. The van der Waals surface area contributed by atoms with Crippen LogP contribution in [0.4, 0.5) is 0 Å². The summed E-state index contributed by atoms with van der Waals surface area (Å²) >= 11 is 12.4. The molecule has 1 aliphatic heterocycles. The summed E-state index contributed by atoms with van der Waals surface area (Å²) in [6.07, 6.45) is 5.29. The average Bonchev–Trinajstić information content (AvgIpc) is 3.25. The van der Waals surface area contributed by atoms with E-state index in [1.165, 1.54) is 6.26 Å². The highest BCUT2D eigenvalue weighted by Gasteiger charge is 2.39. The average molecular weight is 458 g/mol. The summed E-state index contributed by atoms with van der Waals surface area (Å²) in [4.78, 5) is 29.9. The second-order valence-corrected chi connectivity index (χ2v) is 8.75. The van der Waals surface area contributed by atoms with Crippen LogP contribution in [0.1, 0.15) is 40.7 Å². The van der Waals surface area contributed by atoms with Gasteiger partial charge in [0.1, 0.15) is 6.54 Å². The molecule has 1 aromatic carbocycles. The van der Waals surface area contributed by atoms with Crippen LogP contribution in [0.5, 0.6) is 0 Å². The molecule has 31 heavy (non-hydrogen) atoms. The van der Waals surface area contributed by atoms with E-state index >= 15 is 0 Å². The highest BCUT2D eigenvalue weighted by Crippen LogP contribution is 2.36. The molecule has 8 heteroatoms. The minimum atomic E-state index is -0.300. The molecule has 0 N–H and O–H groups in total. The summed E-state index contributed by atoms with van der Waals surface area (Å²) in [5, 5.41) is 0.918. The number of nitrogens with zero attached hydrogens (tertiary/aromatic N) is 3. The number of furan rings is 1. The van der Waals surface area contributed by atoms with Crippen LogP contribution >= 0.6 is 23.2 Å². The first-order valence-electron chi connectivity index (χ1n) is 10.3. The normalized spacial score (nSPS) is 18.0. The molecule has 2 aromatic heterocycles. The smallest absolute Gasteiger partial charge is 0.290 e. The Balaban J connectivity index is 1.45. The van der Waals surface area contributed by atoms with Gasteiger partial charge in [-0.25, -0.2) is 0 Å². The van der Waals surface area contributed by atoms with E-state index in [0.29, 0.717) is 23.1 Å². The molecule has 3 aromatic rings. The molecule has 1 fully saturated rings. The summed E-state index contributed by atoms with van der Waals surface area (Å²) in [6, 6.07) is 12.5. The summed E-state index contributed by atoms with van der Waals surface area (Å²) < 4.78 is 7.43. The van der Waals surface area contributed by atoms with Gasteiger partial charge < -0.3 is 18.8 Å². The molecule has 160 valence electrons. The monoisotopic (exact) mass is 457 g/mol. The van der Waals surface area contributed by atoms with Crippen molar-refractivity contribution in [2.75, 3.05) is 13.1 Å². The van der Waals surface area contributed by atoms with Crippen LogP contribution in [-0.4, -0.2) is 45.3 Å². The number of benzene rings is 1. The zero-order valence-electron chi connectivity index (χ0n) is 16.7. The largest absolute Gasteiger partial charge is 0.459 e. The van der Waals surface area contributed by atoms with Crippen molar-refractivity contribution in [3.63, 3.8) is 0 Å². The SMILES string of the molecule is O=C(c1ccco1)N(CC(=O)N1CCn2cccc2C1c1ccc(Cl)c(Cl)c1)C1CC1. The number of amides is 2. The van der Waals surface area contributed by atoms with Gasteiger partial charge >= 0.3 is 0 Å². The molecule has 5 rings (SSSR count). The first-order valence-corrected chi connectivity index (χ1v) is 11.0. The lowest BCUT2D eigenvalue weighted by Crippen LogP contribution is -2.48. The lowest BCUT2D eigenvalue weighted by molar-refractivity contribution is -0.134. The van der Waals surface area contributed by atoms with E-state index in [0.717, 1.165) is 24.1 Å². The number of aromatic nitrogens is 1. The highest BCUT2D eigenvalue weighted by molar-refractivity contribution is 6.42. The molecule has 1 aliphatic carbocycles. The van der Waals surface area contributed by atoms with Gasteiger partial charge in [-0.15, -0.1) is 0 Å². The third-order valence-electron chi connectivity index (χ3n) is 5.90. The second-order valence-electron chi connectivity index (χ2n) is 7.93. The van der Waals surface area contributed by atoms with E-state index in [1.54, 1.807) is 23.1 Å². The van der Waals surface area contributed by atoms with E-state index in [9.17, 15) is 9.59 Å². The zero-order chi connectivity index (χ0) is 21.5. The maximum Gasteiger partial charge on any atom is 0.290 e. The van der Waals surface area contributed by atoms with Gasteiger partial charge in [-0.05, 0) is 54.8 Å². The molecule has 0 spiro atoms. The fourth-order valence-electron chi connectivity index (χ4n) is 4.22. The number of hydrogen-bond donors (Lipinski definition) is 0. The van der Waals surface area contributed by atoms with Gasteiger partial charge in [0.15, 0.2) is 5.76 Å². The number of fused-ring (bicyclic) bond motifs is 1. The number of carbonyl (C=O) groups excluding carboxylic acids is 2. The van der Waals surface area contributed by atoms with Gasteiger partial charge in [0.05, 0.1) is 22.4 Å². The third kappa shape index (κ3) is 3.86. The molecule has 1 saturated carbocycles. The summed E-state index contributed by atoms with van der Waals surface area (Å²) in [7, 11) is 0. The Morgan fingerprint density at radius 3 is 2.61 bits per heavy atom. The third-order valence-corrected chi connectivity index (χ3v) is 6.64. The Labute approximate surface area is 189 Å². The fourth-order valence-corrected chi connectivity index (χ4v) is 4.52. The lowest BCUT2D eigenvalue weighted by Gasteiger charge is -2.38. The lowest BCUT2D eigenvalue weighted by atomic mass is 9.99. The van der Waals surface area contributed by atoms with Gasteiger partial charge in [0.2, 0.25) is 5.91 Å². The van der Waals surface area contributed by atoms with E-state index < -0.39 is 0 Å². The van der Waals surface area contributed by atoms with Crippen molar-refractivity contribution in [3.05, 3.63) is 82.0 Å². The minimum Gasteiger partial charge on any atom is -0.459 e. The summed E-state index contributed by atoms with van der Waals surface area (Å²) in [5.74, 6) is -0.0871. The number of rotatable bonds is 5. The molecule has 3 heterocycles. The van der Waals surface area contributed by atoms with Crippen molar-refractivity contribution >= 4 is 35.0 Å². The highest BCUT2D eigenvalue weighted by atomic mass is 35.5. The minimum absolute atomic E-state index is 0.0166. The summed E-state index contributed by atoms with van der Waals surface area (Å²) in [6.45, 7) is 1.25. The Morgan fingerprint density at radius 2 is 1.90 bits per heavy atom. The van der Waals surface area contributed by atoms with Crippen molar-refractivity contribution in [2.24, 2.45) is 0 Å². The molecule has 1 atom stereocenters. The predicted octanol–water partition coefficient (Wildman–Crippen LogP) is 4.62. The molecular weight excluding hydrogens is 437 g/mol. The molecule has 6 nitrogen and oxygen atoms in total. The van der Waals surface area contributed by atoms with Crippen LogP contribution in [0.2, 0.25) is 10.0 Å². The first kappa shape index (κ1) is 20.2. The van der Waals surface area contributed by atoms with Crippen molar-refractivity contribution in [3.8, 4) is 0 Å². The van der Waals surface area contributed by atoms with Crippen LogP contribution < -0.4 is 0 Å². The van der Waals surface area contributed by atoms with Crippen LogP contribution in [0.3, 0.4) is 0 Å². The van der Waals surface area contributed by atoms with E-state index in [2.05, 4.69) is 4.57 Å². The second kappa shape index (κ2) is 8.09. The van der Waals surface area contributed by atoms with Crippen LogP contribution in [-0.2, 0) is 11.3 Å². The molecule has 2 amide bonds. The Bertz CT molecular complexity index is 1120. The Kier molecular flexibility index (Phi) is 5.28. The number of halogens is 2. The Hall–Kier alpha value is -2.70. The van der Waals surface area contributed by atoms with Gasteiger partial charge in [-0.1, -0.05) is 29.3 Å². The molecule has 2 aliphatic rings. The standard InChI is InChI=1S/C23H21Cl2N3O3/c24-17-8-5-15(13-18(17)25)22-19-3-1-9-26(19)10-11-27(22)21(29)14-28(16-6-7-16)23(30)20-4-2-12-31-20/h1-5,8-9,12-13,16,22H,6-7,10-11,14H2. The van der Waals surface area contributed by atoms with Crippen molar-refractivity contribution < 1.29 is 14.0 Å². The van der Waals surface area contributed by atoms with Gasteiger partial charge in [-0.3, -0.25) is 9.59 Å². The van der Waals surface area contributed by atoms with E-state index in [1.807, 2.05) is 35.4 Å². The molecule has 1 unspecified atom stereocenters. The van der Waals surface area contributed by atoms with Crippen molar-refractivity contribution in [2.45, 2.75) is 31.5 Å². The molecule has 0 bridgehead atoms. The number of carbonyl (C=O) groups is 2. The van der Waals surface area contributed by atoms with Crippen molar-refractivity contribution in [1.82, 2.24) is 14.4 Å². The van der Waals surface area contributed by atoms with Gasteiger partial charge in [0, 0.05) is 31.0 Å². The van der Waals surface area contributed by atoms with Crippen LogP contribution in [0.15, 0.2) is 59.3 Å². The molecular formula is C23H21Cl2N3O3. The first-order chi connectivity index (χ1) is 15.0. The maximum atomic E-state index is 13.5. The van der Waals surface area contributed by atoms with Gasteiger partial charge in [0.25, 0.3) is 5.91 Å². The number of hydrogen-bond acceptors (Lipinski definition) is 3. The quantitative estimate of drug-likeness (QED) is 0.561. The zero-order valence-corrected chi connectivity index (χ0v) is 18.2. The topological polar surface area (TPSA) is 58.7 Å². The van der Waals surface area contributed by atoms with Crippen LogP contribution in [0, 0.1) is 0 Å². The summed E-state index contributed by atoms with van der Waals surface area (Å²) in [5.41, 5.74) is 1.89. The predicted molar refractivity (Wildman–Crippen MR) is 117 cm³/mol. The molecule has 0 saturated heterocycles. The van der Waals surface area contributed by atoms with Gasteiger partial charge in [-0.2, -0.15) is 0 Å². The fraction of sp³-hybridized carbons (Fsp3) is 0.304. The van der Waals surface area contributed by atoms with Crippen molar-refractivity contribution in [1.29, 1.82) is 0 Å². The molecule has 0 radical (unpaired) electrons.